The molecule has 2 rings (SSSR count). The Kier molecular flexibility index (Phi) is 4.99. The lowest BCUT2D eigenvalue weighted by molar-refractivity contribution is 0.101. The first-order valence-corrected chi connectivity index (χ1v) is 6.66. The predicted molar refractivity (Wildman–Crippen MR) is 81.2 cm³/mol. The van der Waals surface area contributed by atoms with Gasteiger partial charge in [-0.15, -0.1) is 0 Å². The average Bonchev–Trinajstić information content (AvgIpc) is 2.88. The normalized spacial score (nSPS) is 9.86. The maximum Gasteiger partial charge on any atom is 0.273 e. The lowest BCUT2D eigenvalue weighted by Gasteiger charge is -2.08. The Morgan fingerprint density at radius 3 is 3.00 bits per heavy atom. The number of carbonyl (C=O) groups excluding carboxylic acids is 1. The zero-order valence-corrected chi connectivity index (χ0v) is 12.2. The van der Waals surface area contributed by atoms with Crippen molar-refractivity contribution in [2.75, 3.05) is 11.9 Å². The lowest BCUT2D eigenvalue weighted by Crippen LogP contribution is -2.16. The Morgan fingerprint density at radius 2 is 2.33 bits per heavy atom. The van der Waals surface area contributed by atoms with Crippen LogP contribution in [0.3, 0.4) is 0 Å². The molecule has 0 saturated carbocycles. The van der Waals surface area contributed by atoms with E-state index < -0.39 is 0 Å². The summed E-state index contributed by atoms with van der Waals surface area (Å²) >= 11 is 5.96. The summed E-state index contributed by atoms with van der Waals surface area (Å²) < 4.78 is 1.62. The summed E-state index contributed by atoms with van der Waals surface area (Å²) in [5, 5.41) is 12.0. The highest BCUT2D eigenvalue weighted by Crippen LogP contribution is 2.21. The maximum absolute atomic E-state index is 12.2. The van der Waals surface area contributed by atoms with Gasteiger partial charge in [0.2, 0.25) is 0 Å². The number of benzene rings is 1. The van der Waals surface area contributed by atoms with Gasteiger partial charge in [0.25, 0.3) is 5.91 Å². The van der Waals surface area contributed by atoms with E-state index in [9.17, 15) is 4.79 Å². The highest BCUT2D eigenvalue weighted by molar-refractivity contribution is 6.31. The zero-order chi connectivity index (χ0) is 15.2. The lowest BCUT2D eigenvalue weighted by atomic mass is 10.1. The molecule has 2 aromatic rings. The van der Waals surface area contributed by atoms with Crippen LogP contribution in [0.1, 0.15) is 22.5 Å². The number of aryl methyl sites for hydroxylation is 1. The summed E-state index contributed by atoms with van der Waals surface area (Å²) in [6.45, 7) is -0.00268. The minimum Gasteiger partial charge on any atom is -0.395 e. The number of halogens is 1. The average molecular weight is 304 g/mol. The third-order valence-corrected chi connectivity index (χ3v) is 2.97. The monoisotopic (exact) mass is 303 g/mol. The molecule has 0 aliphatic rings. The van der Waals surface area contributed by atoms with Crippen LogP contribution in [0.4, 0.5) is 5.69 Å². The van der Waals surface area contributed by atoms with Crippen molar-refractivity contribution in [1.82, 2.24) is 9.55 Å². The molecule has 6 heteroatoms. The van der Waals surface area contributed by atoms with E-state index in [2.05, 4.69) is 22.1 Å². The maximum atomic E-state index is 12.2. The van der Waals surface area contributed by atoms with Gasteiger partial charge in [0.1, 0.15) is 5.69 Å². The van der Waals surface area contributed by atoms with Crippen LogP contribution in [-0.2, 0) is 7.05 Å². The number of amides is 1. The Labute approximate surface area is 127 Å². The van der Waals surface area contributed by atoms with Crippen molar-refractivity contribution in [3.63, 3.8) is 0 Å². The first-order valence-electron chi connectivity index (χ1n) is 6.29. The van der Waals surface area contributed by atoms with Crippen LogP contribution in [-0.4, -0.2) is 27.2 Å². The van der Waals surface area contributed by atoms with Crippen molar-refractivity contribution in [2.24, 2.45) is 7.05 Å². The summed E-state index contributed by atoms with van der Waals surface area (Å²) in [7, 11) is 1.74. The largest absolute Gasteiger partial charge is 0.395 e. The molecule has 108 valence electrons. The number of nitrogens with zero attached hydrogens (tertiary/aromatic N) is 2. The van der Waals surface area contributed by atoms with Crippen LogP contribution in [0.25, 0.3) is 0 Å². The quantitative estimate of drug-likeness (QED) is 0.853. The van der Waals surface area contributed by atoms with Gasteiger partial charge >= 0.3 is 0 Å². The Hall–Kier alpha value is -2.29. The predicted octanol–water partition coefficient (Wildman–Crippen LogP) is 2.06. The number of aromatic nitrogens is 2. The Bertz CT molecular complexity index is 713. The minimum absolute atomic E-state index is 0.00268. The molecular formula is C15H14ClN3O2. The summed E-state index contributed by atoms with van der Waals surface area (Å²) in [5.74, 6) is 5.43. The molecule has 0 atom stereocenters. The highest BCUT2D eigenvalue weighted by atomic mass is 35.5. The van der Waals surface area contributed by atoms with Crippen LogP contribution in [0.2, 0.25) is 5.02 Å². The summed E-state index contributed by atoms with van der Waals surface area (Å²) in [4.78, 5) is 16.1. The fourth-order valence-corrected chi connectivity index (χ4v) is 1.88. The fourth-order valence-electron chi connectivity index (χ4n) is 1.70. The molecule has 0 saturated heterocycles. The van der Waals surface area contributed by atoms with E-state index in [1.165, 1.54) is 6.20 Å². The molecule has 0 radical (unpaired) electrons. The smallest absolute Gasteiger partial charge is 0.273 e. The first-order chi connectivity index (χ1) is 10.1. The first kappa shape index (κ1) is 15.1. The van der Waals surface area contributed by atoms with Crippen LogP contribution in [0.15, 0.2) is 30.7 Å². The molecule has 0 spiro atoms. The minimum atomic E-state index is -0.289. The highest BCUT2D eigenvalue weighted by Gasteiger charge is 2.12. The molecule has 21 heavy (non-hydrogen) atoms. The number of carbonyl (C=O) groups is 1. The van der Waals surface area contributed by atoms with E-state index in [0.717, 1.165) is 0 Å². The van der Waals surface area contributed by atoms with Crippen molar-refractivity contribution < 1.29 is 9.90 Å². The second kappa shape index (κ2) is 6.93. The summed E-state index contributed by atoms with van der Waals surface area (Å²) in [6.07, 6.45) is 3.41. The Balaban J connectivity index is 2.27. The second-order valence-electron chi connectivity index (χ2n) is 4.31. The topological polar surface area (TPSA) is 67.2 Å². The van der Waals surface area contributed by atoms with Gasteiger partial charge in [0.05, 0.1) is 24.8 Å². The molecule has 1 amide bonds. The molecule has 5 nitrogen and oxygen atoms in total. The van der Waals surface area contributed by atoms with Crippen LogP contribution in [0, 0.1) is 11.8 Å². The number of hydrogen-bond acceptors (Lipinski definition) is 3. The van der Waals surface area contributed by atoms with Crippen molar-refractivity contribution in [3.8, 4) is 11.8 Å². The van der Waals surface area contributed by atoms with Crippen LogP contribution < -0.4 is 5.32 Å². The fraction of sp³-hybridized carbons (Fsp3) is 0.200. The van der Waals surface area contributed by atoms with Crippen LogP contribution in [0.5, 0.6) is 0 Å². The molecule has 0 fully saturated rings. The van der Waals surface area contributed by atoms with Gasteiger partial charge < -0.3 is 15.0 Å². The third kappa shape index (κ3) is 3.85. The van der Waals surface area contributed by atoms with Gasteiger partial charge in [0.15, 0.2) is 0 Å². The standard InChI is InChI=1S/C15H14ClN3O2/c1-19-10-17-9-14(19)15(21)18-13-8-12(16)6-5-11(13)4-2-3-7-20/h5-6,8-10,20H,3,7H2,1H3,(H,18,21). The SMILES string of the molecule is Cn1cncc1C(=O)Nc1cc(Cl)ccc1C#CCCO. The molecule has 0 unspecified atom stereocenters. The van der Waals surface area contributed by atoms with E-state index in [-0.39, 0.29) is 12.5 Å². The number of imidazole rings is 1. The summed E-state index contributed by atoms with van der Waals surface area (Å²) in [6, 6.07) is 5.06. The van der Waals surface area contributed by atoms with Gasteiger partial charge in [0, 0.05) is 24.1 Å². The number of aliphatic hydroxyl groups excluding tert-OH is 1. The molecule has 0 aliphatic carbocycles. The van der Waals surface area contributed by atoms with Crippen molar-refractivity contribution >= 4 is 23.2 Å². The molecule has 0 bridgehead atoms. The van der Waals surface area contributed by atoms with Gasteiger partial charge in [-0.25, -0.2) is 4.98 Å². The van der Waals surface area contributed by atoms with E-state index in [0.29, 0.717) is 28.4 Å². The van der Waals surface area contributed by atoms with E-state index in [1.54, 1.807) is 36.1 Å². The number of rotatable bonds is 3. The van der Waals surface area contributed by atoms with Gasteiger partial charge in [-0.05, 0) is 18.2 Å². The Morgan fingerprint density at radius 1 is 1.52 bits per heavy atom. The molecule has 0 aliphatic heterocycles. The molecular weight excluding hydrogens is 290 g/mol. The number of nitrogens with one attached hydrogen (secondary N) is 1. The molecule has 1 aromatic carbocycles. The van der Waals surface area contributed by atoms with E-state index >= 15 is 0 Å². The van der Waals surface area contributed by atoms with Crippen LogP contribution >= 0.6 is 11.6 Å². The second-order valence-corrected chi connectivity index (χ2v) is 4.75. The van der Waals surface area contributed by atoms with Crippen molar-refractivity contribution in [2.45, 2.75) is 6.42 Å². The summed E-state index contributed by atoms with van der Waals surface area (Å²) in [5.41, 5.74) is 1.60. The number of aliphatic hydroxyl groups is 1. The van der Waals surface area contributed by atoms with Gasteiger partial charge in [-0.3, -0.25) is 4.79 Å². The number of hydrogen-bond donors (Lipinski definition) is 2. The number of anilines is 1. The zero-order valence-electron chi connectivity index (χ0n) is 11.4. The van der Waals surface area contributed by atoms with E-state index in [4.69, 9.17) is 16.7 Å². The molecule has 1 heterocycles. The van der Waals surface area contributed by atoms with E-state index in [1.807, 2.05) is 0 Å². The third-order valence-electron chi connectivity index (χ3n) is 2.74. The molecule has 1 aromatic heterocycles. The van der Waals surface area contributed by atoms with Gasteiger partial charge in [-0.2, -0.15) is 0 Å². The van der Waals surface area contributed by atoms with Gasteiger partial charge in [-0.1, -0.05) is 23.4 Å². The van der Waals surface area contributed by atoms with Crippen molar-refractivity contribution in [3.05, 3.63) is 47.0 Å². The molecule has 2 N–H and O–H groups in total. The van der Waals surface area contributed by atoms with Crippen molar-refractivity contribution in [1.29, 1.82) is 0 Å².